The first-order valence-corrected chi connectivity index (χ1v) is 9.73. The molecule has 0 bridgehead atoms. The first kappa shape index (κ1) is 24.8. The average Bonchev–Trinajstić information content (AvgIpc) is 2.71. The quantitative estimate of drug-likeness (QED) is 0.388. The zero-order chi connectivity index (χ0) is 24.2. The number of halogens is 1. The molecule has 1 saturated heterocycles. The zero-order valence-electron chi connectivity index (χ0n) is 18.1. The number of hydrogen-bond acceptors (Lipinski definition) is 8. The summed E-state index contributed by atoms with van der Waals surface area (Å²) in [6.45, 7) is 5.00. The van der Waals surface area contributed by atoms with Gasteiger partial charge in [-0.05, 0) is 5.41 Å². The largest absolute Gasteiger partial charge is 0.487 e. The number of carbonyl (C=O) groups excluding carboxylic acids is 2. The number of nitrogens with zero attached hydrogens (tertiary/aromatic N) is 2. The summed E-state index contributed by atoms with van der Waals surface area (Å²) >= 11 is 0. The molecule has 2 atom stereocenters. The lowest BCUT2D eigenvalue weighted by Crippen LogP contribution is -2.53. The van der Waals surface area contributed by atoms with Crippen LogP contribution in [0.1, 0.15) is 44.0 Å². The van der Waals surface area contributed by atoms with Crippen LogP contribution in [-0.4, -0.2) is 65.4 Å². The molecular formula is C20H25FN2O9. The molecule has 0 aromatic heterocycles. The highest BCUT2D eigenvalue weighted by Crippen LogP contribution is 2.35. The van der Waals surface area contributed by atoms with E-state index in [4.69, 9.17) is 9.47 Å². The minimum absolute atomic E-state index is 0.157. The lowest BCUT2D eigenvalue weighted by molar-refractivity contribution is -0.385. The minimum atomic E-state index is -1.22. The summed E-state index contributed by atoms with van der Waals surface area (Å²) in [5.41, 5.74) is -1.86. The van der Waals surface area contributed by atoms with Crippen molar-refractivity contribution in [1.29, 1.82) is 0 Å². The predicted molar refractivity (Wildman–Crippen MR) is 107 cm³/mol. The van der Waals surface area contributed by atoms with Crippen LogP contribution in [0.2, 0.25) is 0 Å². The van der Waals surface area contributed by atoms with Gasteiger partial charge in [0, 0.05) is 31.5 Å². The molecule has 0 spiro atoms. The van der Waals surface area contributed by atoms with Gasteiger partial charge in [-0.25, -0.2) is 18.8 Å². The van der Waals surface area contributed by atoms with Crippen molar-refractivity contribution in [2.75, 3.05) is 20.3 Å². The molecule has 176 valence electrons. The van der Waals surface area contributed by atoms with E-state index in [0.717, 1.165) is 13.2 Å². The van der Waals surface area contributed by atoms with Crippen molar-refractivity contribution in [1.82, 2.24) is 4.90 Å². The summed E-state index contributed by atoms with van der Waals surface area (Å²) in [7, 11) is 1.07. The number of amides is 1. The number of carboxylic acid groups (broad SMARTS) is 1. The van der Waals surface area contributed by atoms with Gasteiger partial charge in [-0.1, -0.05) is 20.8 Å². The van der Waals surface area contributed by atoms with Crippen molar-refractivity contribution in [2.24, 2.45) is 5.41 Å². The van der Waals surface area contributed by atoms with Gasteiger partial charge in [0.15, 0.2) is 18.2 Å². The Kier molecular flexibility index (Phi) is 7.60. The molecule has 0 aliphatic carbocycles. The fourth-order valence-corrected chi connectivity index (χ4v) is 3.48. The molecular weight excluding hydrogens is 431 g/mol. The molecule has 32 heavy (non-hydrogen) atoms. The standard InChI is InChI=1S/C20H25FN2O9/c1-20(2,3)16-7-11(5-6-22(16)19(26)27)32-15-8-12(14(23(28)29)9-13(15)21)18(25)31-10-17(24)30-4/h8-9,11,16H,5-7,10H2,1-4H3,(H,26,27). The Morgan fingerprint density at radius 3 is 2.50 bits per heavy atom. The second kappa shape index (κ2) is 9.79. The Morgan fingerprint density at radius 2 is 1.97 bits per heavy atom. The Labute approximate surface area is 183 Å². The average molecular weight is 456 g/mol. The summed E-state index contributed by atoms with van der Waals surface area (Å²) in [6, 6.07) is 0.977. The van der Waals surface area contributed by atoms with Crippen molar-refractivity contribution in [2.45, 2.75) is 45.8 Å². The van der Waals surface area contributed by atoms with E-state index in [0.29, 0.717) is 6.07 Å². The first-order valence-electron chi connectivity index (χ1n) is 9.73. The molecule has 1 fully saturated rings. The van der Waals surface area contributed by atoms with Gasteiger partial charge < -0.3 is 24.2 Å². The van der Waals surface area contributed by atoms with Gasteiger partial charge >= 0.3 is 18.0 Å². The van der Waals surface area contributed by atoms with E-state index in [2.05, 4.69) is 4.74 Å². The monoisotopic (exact) mass is 456 g/mol. The number of ether oxygens (including phenoxy) is 3. The molecule has 1 aromatic carbocycles. The second-order valence-corrected chi connectivity index (χ2v) is 8.33. The van der Waals surface area contributed by atoms with Crippen LogP contribution in [0.3, 0.4) is 0 Å². The molecule has 2 unspecified atom stereocenters. The van der Waals surface area contributed by atoms with E-state index in [1.165, 1.54) is 4.90 Å². The Balaban J connectivity index is 2.29. The maximum Gasteiger partial charge on any atom is 0.407 e. The Morgan fingerprint density at radius 1 is 1.31 bits per heavy atom. The molecule has 12 heteroatoms. The van der Waals surface area contributed by atoms with Gasteiger partial charge in [0.1, 0.15) is 11.7 Å². The van der Waals surface area contributed by atoms with E-state index in [1.54, 1.807) is 0 Å². The topological polar surface area (TPSA) is 146 Å². The fourth-order valence-electron chi connectivity index (χ4n) is 3.48. The number of methoxy groups -OCH3 is 1. The van der Waals surface area contributed by atoms with Crippen molar-refractivity contribution < 1.29 is 43.0 Å². The molecule has 1 aliphatic rings. The third-order valence-corrected chi connectivity index (χ3v) is 5.11. The normalized spacial score (nSPS) is 18.6. The lowest BCUT2D eigenvalue weighted by atomic mass is 9.80. The molecule has 0 saturated carbocycles. The first-order chi connectivity index (χ1) is 14.8. The third-order valence-electron chi connectivity index (χ3n) is 5.11. The van der Waals surface area contributed by atoms with Gasteiger partial charge in [-0.3, -0.25) is 10.1 Å². The van der Waals surface area contributed by atoms with Crippen LogP contribution in [0.25, 0.3) is 0 Å². The van der Waals surface area contributed by atoms with Crippen LogP contribution in [-0.2, 0) is 14.3 Å². The Hall–Kier alpha value is -3.44. The molecule has 2 rings (SSSR count). The fraction of sp³-hybridized carbons (Fsp3) is 0.550. The molecule has 0 radical (unpaired) electrons. The van der Waals surface area contributed by atoms with Crippen LogP contribution in [0.15, 0.2) is 12.1 Å². The number of nitro groups is 1. The smallest absolute Gasteiger partial charge is 0.407 e. The molecule has 11 nitrogen and oxygen atoms in total. The highest BCUT2D eigenvalue weighted by atomic mass is 19.1. The number of hydrogen-bond donors (Lipinski definition) is 1. The van der Waals surface area contributed by atoms with Gasteiger partial charge in [0.25, 0.3) is 5.69 Å². The molecule has 1 aromatic rings. The maximum absolute atomic E-state index is 14.6. The molecule has 1 heterocycles. The van der Waals surface area contributed by atoms with Crippen LogP contribution < -0.4 is 4.74 Å². The predicted octanol–water partition coefficient (Wildman–Crippen LogP) is 3.00. The second-order valence-electron chi connectivity index (χ2n) is 8.33. The van der Waals surface area contributed by atoms with E-state index >= 15 is 0 Å². The summed E-state index contributed by atoms with van der Waals surface area (Å²) < 4.78 is 29.3. The van der Waals surface area contributed by atoms with Gasteiger partial charge in [0.05, 0.1) is 18.1 Å². The van der Waals surface area contributed by atoms with Crippen LogP contribution in [0.5, 0.6) is 5.75 Å². The van der Waals surface area contributed by atoms with E-state index in [-0.39, 0.29) is 19.4 Å². The highest BCUT2D eigenvalue weighted by Gasteiger charge is 2.40. The van der Waals surface area contributed by atoms with Crippen LogP contribution in [0, 0.1) is 21.3 Å². The van der Waals surface area contributed by atoms with Crippen LogP contribution >= 0.6 is 0 Å². The summed E-state index contributed by atoms with van der Waals surface area (Å²) in [5.74, 6) is -3.57. The summed E-state index contributed by atoms with van der Waals surface area (Å²) in [5, 5.41) is 20.7. The summed E-state index contributed by atoms with van der Waals surface area (Å²) in [4.78, 5) is 46.6. The van der Waals surface area contributed by atoms with Crippen molar-refractivity contribution >= 4 is 23.7 Å². The highest BCUT2D eigenvalue weighted by molar-refractivity contribution is 5.95. The number of piperidine rings is 1. The number of carbonyl (C=O) groups is 3. The molecule has 1 aliphatic heterocycles. The van der Waals surface area contributed by atoms with Crippen molar-refractivity contribution in [3.8, 4) is 5.75 Å². The number of likely N-dealkylation sites (tertiary alicyclic amines) is 1. The third kappa shape index (κ3) is 5.83. The SMILES string of the molecule is COC(=O)COC(=O)c1cc(OC2CCN(C(=O)O)C(C(C)(C)C)C2)c(F)cc1[N+](=O)[O-]. The van der Waals surface area contributed by atoms with Gasteiger partial charge in [0.2, 0.25) is 0 Å². The minimum Gasteiger partial charge on any atom is -0.487 e. The van der Waals surface area contributed by atoms with Crippen molar-refractivity contribution in [3.63, 3.8) is 0 Å². The molecule has 1 N–H and O–H groups in total. The number of esters is 2. The van der Waals surface area contributed by atoms with Gasteiger partial charge in [-0.15, -0.1) is 0 Å². The summed E-state index contributed by atoms with van der Waals surface area (Å²) in [6.07, 6.45) is -1.14. The van der Waals surface area contributed by atoms with E-state index in [1.807, 2.05) is 20.8 Å². The van der Waals surface area contributed by atoms with E-state index in [9.17, 15) is 34.0 Å². The van der Waals surface area contributed by atoms with Gasteiger partial charge in [-0.2, -0.15) is 0 Å². The maximum atomic E-state index is 14.6. The zero-order valence-corrected chi connectivity index (χ0v) is 18.1. The number of benzene rings is 1. The van der Waals surface area contributed by atoms with Crippen LogP contribution in [0.4, 0.5) is 14.9 Å². The Bertz CT molecular complexity index is 913. The molecule has 1 amide bonds. The van der Waals surface area contributed by atoms with Crippen molar-refractivity contribution in [3.05, 3.63) is 33.6 Å². The van der Waals surface area contributed by atoms with E-state index < -0.39 is 69.9 Å². The number of nitro benzene ring substituents is 1. The number of rotatable bonds is 6. The lowest BCUT2D eigenvalue weighted by Gasteiger charge is -2.44.